The summed E-state index contributed by atoms with van der Waals surface area (Å²) in [5.41, 5.74) is 0.429. The largest absolute Gasteiger partial charge is 0.353 e. The van der Waals surface area contributed by atoms with Gasteiger partial charge >= 0.3 is 0 Å². The van der Waals surface area contributed by atoms with Crippen LogP contribution in [0.5, 0.6) is 0 Å². The maximum Gasteiger partial charge on any atom is 0.155 e. The van der Waals surface area contributed by atoms with E-state index >= 15 is 0 Å². The Morgan fingerprint density at radius 2 is 1.80 bits per heavy atom. The second-order valence-corrected chi connectivity index (χ2v) is 8.96. The van der Waals surface area contributed by atoms with Gasteiger partial charge < -0.3 is 9.47 Å². The third kappa shape index (κ3) is 6.10. The van der Waals surface area contributed by atoms with Crippen LogP contribution in [0.2, 0.25) is 0 Å². The van der Waals surface area contributed by atoms with Crippen LogP contribution in [-0.2, 0) is 9.47 Å². The van der Waals surface area contributed by atoms with Crippen LogP contribution in [-0.4, -0.2) is 19.5 Å². The third-order valence-corrected chi connectivity index (χ3v) is 6.83. The topological polar surface area (TPSA) is 18.5 Å². The zero-order chi connectivity index (χ0) is 18.3. The van der Waals surface area contributed by atoms with Gasteiger partial charge in [-0.2, -0.15) is 0 Å². The predicted octanol–water partition coefficient (Wildman–Crippen LogP) is 6.60. The van der Waals surface area contributed by atoms with E-state index in [-0.39, 0.29) is 6.29 Å². The zero-order valence-corrected chi connectivity index (χ0v) is 17.4. The predicted molar refractivity (Wildman–Crippen MR) is 107 cm³/mol. The Bertz CT molecular complexity index is 397. The summed E-state index contributed by atoms with van der Waals surface area (Å²) in [4.78, 5) is 0. The third-order valence-electron chi connectivity index (χ3n) is 6.83. The summed E-state index contributed by atoms with van der Waals surface area (Å²) in [6, 6.07) is 0. The fourth-order valence-corrected chi connectivity index (χ4v) is 5.05. The number of rotatable bonds is 11. The van der Waals surface area contributed by atoms with Crippen molar-refractivity contribution < 1.29 is 9.47 Å². The van der Waals surface area contributed by atoms with Gasteiger partial charge in [0.2, 0.25) is 0 Å². The normalized spacial score (nSPS) is 31.8. The minimum Gasteiger partial charge on any atom is -0.353 e. The molecule has 0 aromatic carbocycles. The van der Waals surface area contributed by atoms with Crippen LogP contribution in [0.15, 0.2) is 12.2 Å². The van der Waals surface area contributed by atoms with Crippen LogP contribution >= 0.6 is 0 Å². The van der Waals surface area contributed by atoms with Crippen LogP contribution in [0.25, 0.3) is 0 Å². The van der Waals surface area contributed by atoms with Crippen molar-refractivity contribution in [2.75, 3.05) is 13.2 Å². The molecule has 4 atom stereocenters. The molecule has 25 heavy (non-hydrogen) atoms. The van der Waals surface area contributed by atoms with E-state index in [4.69, 9.17) is 9.47 Å². The molecule has 2 aliphatic rings. The average Bonchev–Trinajstić information content (AvgIpc) is 3.15. The zero-order valence-electron chi connectivity index (χ0n) is 17.4. The molecule has 0 amide bonds. The molecule has 2 rings (SSSR count). The Balaban J connectivity index is 1.61. The molecular weight excluding hydrogens is 308 g/mol. The van der Waals surface area contributed by atoms with Crippen molar-refractivity contribution in [2.45, 2.75) is 92.3 Å². The fraction of sp³-hybridized carbons (Fsp3) is 0.913. The van der Waals surface area contributed by atoms with Gasteiger partial charge in [0.25, 0.3) is 0 Å². The summed E-state index contributed by atoms with van der Waals surface area (Å²) in [7, 11) is 0. The van der Waals surface area contributed by atoms with Crippen LogP contribution in [0, 0.1) is 29.1 Å². The van der Waals surface area contributed by atoms with Gasteiger partial charge in [0.05, 0.1) is 6.61 Å². The highest BCUT2D eigenvalue weighted by Gasteiger charge is 2.57. The molecule has 0 bridgehead atoms. The molecule has 0 radical (unpaired) electrons. The Kier molecular flexibility index (Phi) is 8.48. The van der Waals surface area contributed by atoms with Gasteiger partial charge in [-0.05, 0) is 55.3 Å². The number of hydrogen-bond acceptors (Lipinski definition) is 2. The van der Waals surface area contributed by atoms with E-state index in [1.54, 1.807) is 0 Å². The quantitative estimate of drug-likeness (QED) is 0.309. The monoisotopic (exact) mass is 350 g/mol. The molecule has 0 saturated heterocycles. The van der Waals surface area contributed by atoms with Crippen molar-refractivity contribution in [1.29, 1.82) is 0 Å². The van der Waals surface area contributed by atoms with E-state index in [0.29, 0.717) is 12.0 Å². The maximum absolute atomic E-state index is 5.86. The number of ether oxygens (including phenoxy) is 2. The van der Waals surface area contributed by atoms with Crippen molar-refractivity contribution in [3.05, 3.63) is 12.2 Å². The lowest BCUT2D eigenvalue weighted by atomic mass is 9.87. The van der Waals surface area contributed by atoms with Crippen LogP contribution in [0.1, 0.15) is 86.0 Å². The molecule has 2 nitrogen and oxygen atoms in total. The second kappa shape index (κ2) is 10.1. The molecule has 2 fully saturated rings. The molecule has 0 aromatic rings. The molecule has 0 N–H and O–H groups in total. The Morgan fingerprint density at radius 1 is 1.08 bits per heavy atom. The molecule has 0 aromatic heterocycles. The first-order chi connectivity index (χ1) is 12.0. The molecule has 2 saturated carbocycles. The van der Waals surface area contributed by atoms with Crippen molar-refractivity contribution in [2.24, 2.45) is 29.1 Å². The molecular formula is C23H42O2. The summed E-state index contributed by atoms with van der Waals surface area (Å²) in [5.74, 6) is 3.36. The van der Waals surface area contributed by atoms with E-state index in [1.165, 1.54) is 51.4 Å². The van der Waals surface area contributed by atoms with Gasteiger partial charge in [0.1, 0.15) is 0 Å². The molecule has 4 unspecified atom stereocenters. The smallest absolute Gasteiger partial charge is 0.155 e. The van der Waals surface area contributed by atoms with Gasteiger partial charge in [-0.15, -0.1) is 0 Å². The first kappa shape index (κ1) is 21.0. The maximum atomic E-state index is 5.86. The van der Waals surface area contributed by atoms with Gasteiger partial charge in [0, 0.05) is 6.61 Å². The van der Waals surface area contributed by atoms with Crippen LogP contribution < -0.4 is 0 Å². The Labute approximate surface area is 156 Å². The van der Waals surface area contributed by atoms with Crippen LogP contribution in [0.3, 0.4) is 0 Å². The lowest BCUT2D eigenvalue weighted by molar-refractivity contribution is -0.125. The molecule has 2 heteroatoms. The van der Waals surface area contributed by atoms with Crippen molar-refractivity contribution in [1.82, 2.24) is 0 Å². The first-order valence-electron chi connectivity index (χ1n) is 10.9. The summed E-state index contributed by atoms with van der Waals surface area (Å²) in [6.07, 6.45) is 15.4. The highest BCUT2D eigenvalue weighted by Crippen LogP contribution is 2.64. The van der Waals surface area contributed by atoms with E-state index in [9.17, 15) is 0 Å². The van der Waals surface area contributed by atoms with E-state index in [0.717, 1.165) is 30.3 Å². The summed E-state index contributed by atoms with van der Waals surface area (Å²) in [6.45, 7) is 13.0. The van der Waals surface area contributed by atoms with Crippen molar-refractivity contribution in [3.8, 4) is 0 Å². The Morgan fingerprint density at radius 3 is 2.44 bits per heavy atom. The average molecular weight is 351 g/mol. The van der Waals surface area contributed by atoms with Gasteiger partial charge in [-0.1, -0.05) is 72.0 Å². The summed E-state index contributed by atoms with van der Waals surface area (Å²) < 4.78 is 11.7. The lowest BCUT2D eigenvalue weighted by Crippen LogP contribution is -2.16. The minimum atomic E-state index is -0.0890. The fourth-order valence-electron chi connectivity index (χ4n) is 5.05. The SMILES string of the molecule is CCC1(/C=C\COC(C)OCCC2CCCCC2)C(C)C1CC(C)C. The standard InChI is InChI=1S/C23H42O2/c1-6-23(19(4)22(23)17-18(2)3)14-10-15-24-20(5)25-16-13-21-11-8-7-9-12-21/h10,14,18-22H,6-9,11-13,15-17H2,1-5H3/b14-10-. The molecule has 146 valence electrons. The number of hydrogen-bond donors (Lipinski definition) is 0. The second-order valence-electron chi connectivity index (χ2n) is 8.96. The lowest BCUT2D eigenvalue weighted by Gasteiger charge is -2.22. The summed E-state index contributed by atoms with van der Waals surface area (Å²) >= 11 is 0. The van der Waals surface area contributed by atoms with Crippen molar-refractivity contribution >= 4 is 0 Å². The molecule has 0 spiro atoms. The molecule has 0 heterocycles. The van der Waals surface area contributed by atoms with Gasteiger partial charge in [-0.3, -0.25) is 0 Å². The van der Waals surface area contributed by atoms with E-state index < -0.39 is 0 Å². The van der Waals surface area contributed by atoms with E-state index in [2.05, 4.69) is 39.8 Å². The van der Waals surface area contributed by atoms with Crippen molar-refractivity contribution in [3.63, 3.8) is 0 Å². The van der Waals surface area contributed by atoms with E-state index in [1.807, 2.05) is 6.92 Å². The Hall–Kier alpha value is -0.340. The highest BCUT2D eigenvalue weighted by atomic mass is 16.7. The van der Waals surface area contributed by atoms with Crippen LogP contribution in [0.4, 0.5) is 0 Å². The molecule has 0 aliphatic heterocycles. The highest BCUT2D eigenvalue weighted by molar-refractivity contribution is 5.18. The first-order valence-corrected chi connectivity index (χ1v) is 10.9. The minimum absolute atomic E-state index is 0.0890. The molecule has 2 aliphatic carbocycles. The summed E-state index contributed by atoms with van der Waals surface area (Å²) in [5, 5.41) is 0. The number of allylic oxidation sites excluding steroid dienone is 1. The van der Waals surface area contributed by atoms with Gasteiger partial charge in [-0.25, -0.2) is 0 Å². The van der Waals surface area contributed by atoms with Gasteiger partial charge in [0.15, 0.2) is 6.29 Å².